The van der Waals surface area contributed by atoms with Crippen molar-refractivity contribution in [3.8, 4) is 17.2 Å². The number of ether oxygens (including phenoxy) is 2. The van der Waals surface area contributed by atoms with Crippen LogP contribution in [0.5, 0.6) is 17.2 Å². The van der Waals surface area contributed by atoms with E-state index in [0.29, 0.717) is 42.7 Å². The second kappa shape index (κ2) is 19.8. The first-order valence-electron chi connectivity index (χ1n) is 14.6. The zero-order valence-electron chi connectivity index (χ0n) is 24.0. The predicted molar refractivity (Wildman–Crippen MR) is 154 cm³/mol. The van der Waals surface area contributed by atoms with Gasteiger partial charge in [0.15, 0.2) is 11.5 Å². The van der Waals surface area contributed by atoms with Gasteiger partial charge in [-0.2, -0.15) is 0 Å². The molecule has 0 fully saturated rings. The summed E-state index contributed by atoms with van der Waals surface area (Å²) in [5.74, 6) is 0.400. The number of nitrogens with zero attached hydrogens (tertiary/aromatic N) is 1. The van der Waals surface area contributed by atoms with Gasteiger partial charge in [0, 0.05) is 17.8 Å². The zero-order chi connectivity index (χ0) is 27.4. The van der Waals surface area contributed by atoms with Gasteiger partial charge < -0.3 is 19.7 Å². The van der Waals surface area contributed by atoms with Gasteiger partial charge in [-0.3, -0.25) is 9.79 Å². The Kier molecular flexibility index (Phi) is 17.6. The van der Waals surface area contributed by atoms with E-state index >= 15 is 0 Å². The summed E-state index contributed by atoms with van der Waals surface area (Å²) in [7, 11) is 1.51. The number of hydrogen-bond donors (Lipinski definition) is 2. The van der Waals surface area contributed by atoms with E-state index in [1.807, 2.05) is 13.8 Å². The number of phenols is 2. The van der Waals surface area contributed by atoms with Crippen molar-refractivity contribution in [1.29, 1.82) is 0 Å². The molecule has 0 saturated carbocycles. The van der Waals surface area contributed by atoms with E-state index in [4.69, 9.17) is 9.47 Å². The van der Waals surface area contributed by atoms with Crippen LogP contribution in [0.15, 0.2) is 11.1 Å². The number of carbonyl (C=O) groups is 1. The molecular formula is C31H53NO5. The number of benzene rings is 1. The van der Waals surface area contributed by atoms with Crippen LogP contribution in [-0.2, 0) is 16.0 Å². The average Bonchev–Trinajstić information content (AvgIpc) is 2.86. The number of aromatic hydroxyl groups is 2. The Bertz CT molecular complexity index is 775. The van der Waals surface area contributed by atoms with Crippen molar-refractivity contribution in [2.24, 2.45) is 4.99 Å². The fourth-order valence-electron chi connectivity index (χ4n) is 4.71. The minimum Gasteiger partial charge on any atom is -0.505 e. The summed E-state index contributed by atoms with van der Waals surface area (Å²) in [5, 5.41) is 21.2. The molecule has 2 N–H and O–H groups in total. The molecule has 0 aliphatic rings. The lowest BCUT2D eigenvalue weighted by molar-refractivity contribution is -0.140. The third kappa shape index (κ3) is 14.3. The summed E-state index contributed by atoms with van der Waals surface area (Å²) >= 11 is 0. The van der Waals surface area contributed by atoms with Crippen molar-refractivity contribution < 1.29 is 24.5 Å². The zero-order valence-corrected chi connectivity index (χ0v) is 24.0. The van der Waals surface area contributed by atoms with Crippen molar-refractivity contribution in [3.63, 3.8) is 0 Å². The minimum absolute atomic E-state index is 0.00618. The van der Waals surface area contributed by atoms with Gasteiger partial charge in [0.05, 0.1) is 7.11 Å². The summed E-state index contributed by atoms with van der Waals surface area (Å²) in [6.45, 7) is 6.48. The maximum absolute atomic E-state index is 10.8. The molecule has 212 valence electrons. The first kappa shape index (κ1) is 32.8. The van der Waals surface area contributed by atoms with Crippen molar-refractivity contribution in [2.75, 3.05) is 7.11 Å². The molecule has 0 atom stereocenters. The molecule has 1 aromatic carbocycles. The van der Waals surface area contributed by atoms with Crippen LogP contribution in [0.2, 0.25) is 0 Å². The Labute approximate surface area is 225 Å². The number of carbonyl (C=O) groups excluding carboxylic acids is 1. The molecule has 6 nitrogen and oxygen atoms in total. The smallest absolute Gasteiger partial charge is 0.293 e. The number of aliphatic imine (C=N–C) groups is 1. The van der Waals surface area contributed by atoms with Gasteiger partial charge in [0.25, 0.3) is 6.47 Å². The van der Waals surface area contributed by atoms with Gasteiger partial charge in [-0.15, -0.1) is 0 Å². The van der Waals surface area contributed by atoms with Gasteiger partial charge in [0.2, 0.25) is 0 Å². The molecule has 0 amide bonds. The molecule has 0 aliphatic heterocycles. The van der Waals surface area contributed by atoms with Gasteiger partial charge in [0.1, 0.15) is 17.0 Å². The highest BCUT2D eigenvalue weighted by Gasteiger charge is 2.19. The van der Waals surface area contributed by atoms with Crippen molar-refractivity contribution in [2.45, 2.75) is 142 Å². The van der Waals surface area contributed by atoms with E-state index in [1.54, 1.807) is 6.21 Å². The molecule has 0 unspecified atom stereocenters. The molecule has 37 heavy (non-hydrogen) atoms. The Morgan fingerprint density at radius 3 is 1.92 bits per heavy atom. The van der Waals surface area contributed by atoms with Crippen LogP contribution >= 0.6 is 0 Å². The Morgan fingerprint density at radius 2 is 1.41 bits per heavy atom. The first-order chi connectivity index (χ1) is 17.9. The SMILES string of the molecule is CCCCCCCCCCCCCCCCc1c(O)c(N=CCCCC(C)(C)OC=O)cc(O)c1OC. The summed E-state index contributed by atoms with van der Waals surface area (Å²) in [5.41, 5.74) is 0.466. The van der Waals surface area contributed by atoms with E-state index in [-0.39, 0.29) is 11.5 Å². The molecular weight excluding hydrogens is 466 g/mol. The van der Waals surface area contributed by atoms with Crippen LogP contribution in [-0.4, -0.2) is 35.6 Å². The second-order valence-electron chi connectivity index (χ2n) is 10.8. The van der Waals surface area contributed by atoms with Gasteiger partial charge in [-0.05, 0) is 46.0 Å². The lowest BCUT2D eigenvalue weighted by Crippen LogP contribution is -2.23. The predicted octanol–water partition coefficient (Wildman–Crippen LogP) is 8.95. The second-order valence-corrected chi connectivity index (χ2v) is 10.8. The normalized spacial score (nSPS) is 11.8. The summed E-state index contributed by atoms with van der Waals surface area (Å²) in [6, 6.07) is 1.44. The summed E-state index contributed by atoms with van der Waals surface area (Å²) < 4.78 is 10.4. The summed E-state index contributed by atoms with van der Waals surface area (Å²) in [6.07, 6.45) is 22.7. The summed E-state index contributed by atoms with van der Waals surface area (Å²) in [4.78, 5) is 14.9. The van der Waals surface area contributed by atoms with E-state index in [9.17, 15) is 15.0 Å². The van der Waals surface area contributed by atoms with E-state index in [1.165, 1.54) is 90.2 Å². The molecule has 6 heteroatoms. The number of rotatable bonds is 23. The monoisotopic (exact) mass is 519 g/mol. The van der Waals surface area contributed by atoms with Crippen LogP contribution in [0.1, 0.15) is 135 Å². The van der Waals surface area contributed by atoms with Crippen molar-refractivity contribution in [1.82, 2.24) is 0 Å². The average molecular weight is 520 g/mol. The third-order valence-electron chi connectivity index (χ3n) is 7.00. The molecule has 0 spiro atoms. The highest BCUT2D eigenvalue weighted by atomic mass is 16.5. The molecule has 0 bridgehead atoms. The number of methoxy groups -OCH3 is 1. The third-order valence-corrected chi connectivity index (χ3v) is 7.00. The Morgan fingerprint density at radius 1 is 0.865 bits per heavy atom. The van der Waals surface area contributed by atoms with Crippen LogP contribution in [0.3, 0.4) is 0 Å². The lowest BCUT2D eigenvalue weighted by atomic mass is 10.0. The molecule has 0 saturated heterocycles. The topological polar surface area (TPSA) is 88.4 Å². The van der Waals surface area contributed by atoms with Crippen LogP contribution in [0.4, 0.5) is 5.69 Å². The van der Waals surface area contributed by atoms with E-state index < -0.39 is 5.60 Å². The molecule has 0 aliphatic carbocycles. The quantitative estimate of drug-likeness (QED) is 0.0652. The highest BCUT2D eigenvalue weighted by molar-refractivity contribution is 5.71. The van der Waals surface area contributed by atoms with Crippen LogP contribution in [0.25, 0.3) is 0 Å². The van der Waals surface area contributed by atoms with Crippen LogP contribution < -0.4 is 4.74 Å². The standard InChI is InChI=1S/C31H53NO5/c1-5-6-7-8-9-10-11-12-13-14-15-16-17-18-21-26-29(35)27(24-28(34)30(26)36-4)32-23-20-19-22-31(2,3)37-25-33/h23-25,34-35H,5-22H2,1-4H3. The van der Waals surface area contributed by atoms with E-state index in [0.717, 1.165) is 19.3 Å². The maximum Gasteiger partial charge on any atom is 0.293 e. The number of unbranched alkanes of at least 4 members (excludes halogenated alkanes) is 14. The molecule has 0 heterocycles. The van der Waals surface area contributed by atoms with Crippen LogP contribution in [0, 0.1) is 0 Å². The highest BCUT2D eigenvalue weighted by Crippen LogP contribution is 2.44. The Hall–Kier alpha value is -2.24. The number of phenolic OH excluding ortho intramolecular Hbond substituents is 2. The molecule has 0 radical (unpaired) electrons. The van der Waals surface area contributed by atoms with Gasteiger partial charge >= 0.3 is 0 Å². The lowest BCUT2D eigenvalue weighted by Gasteiger charge is -2.21. The van der Waals surface area contributed by atoms with E-state index in [2.05, 4.69) is 11.9 Å². The fraction of sp³-hybridized carbons (Fsp3) is 0.742. The molecule has 1 aromatic rings. The fourth-order valence-corrected chi connectivity index (χ4v) is 4.71. The first-order valence-corrected chi connectivity index (χ1v) is 14.6. The van der Waals surface area contributed by atoms with Crippen molar-refractivity contribution >= 4 is 18.4 Å². The molecule has 0 aromatic heterocycles. The van der Waals surface area contributed by atoms with Gasteiger partial charge in [-0.1, -0.05) is 90.4 Å². The Balaban J connectivity index is 2.37. The van der Waals surface area contributed by atoms with Crippen molar-refractivity contribution in [3.05, 3.63) is 11.6 Å². The minimum atomic E-state index is -0.503. The van der Waals surface area contributed by atoms with Gasteiger partial charge in [-0.25, -0.2) is 0 Å². The maximum atomic E-state index is 10.8. The molecule has 1 rings (SSSR count). The number of hydrogen-bond acceptors (Lipinski definition) is 6. The largest absolute Gasteiger partial charge is 0.505 e.